The highest BCUT2D eigenvalue weighted by Gasteiger charge is 2.35. The van der Waals surface area contributed by atoms with Crippen molar-refractivity contribution in [1.29, 1.82) is 0 Å². The highest BCUT2D eigenvalue weighted by atomic mass is 19.4. The zero-order chi connectivity index (χ0) is 21.5. The number of nitrogens with two attached hydrogens (primary N) is 1. The molecule has 2 aromatic heterocycles. The van der Waals surface area contributed by atoms with E-state index in [0.717, 1.165) is 0 Å². The minimum Gasteiger partial charge on any atom is -0.496 e. The van der Waals surface area contributed by atoms with E-state index in [0.29, 0.717) is 28.8 Å². The topological polar surface area (TPSA) is 92.3 Å². The average molecular weight is 408 g/mol. The van der Waals surface area contributed by atoms with Crippen molar-refractivity contribution in [3.8, 4) is 11.4 Å². The Morgan fingerprint density at radius 2 is 1.97 bits per heavy atom. The third-order valence-electron chi connectivity index (χ3n) is 4.50. The molecule has 0 atom stereocenters. The number of aryl methyl sites for hydroxylation is 1. The van der Waals surface area contributed by atoms with Crippen LogP contribution in [0.3, 0.4) is 0 Å². The Kier molecular flexibility index (Phi) is 5.12. The maximum absolute atomic E-state index is 13.3. The monoisotopic (exact) mass is 408 g/mol. The molecule has 0 aliphatic heterocycles. The summed E-state index contributed by atoms with van der Waals surface area (Å²) in [5.41, 5.74) is 6.40. The Labute approximate surface area is 164 Å². The maximum atomic E-state index is 13.3. The number of alkyl halides is 3. The molecule has 29 heavy (non-hydrogen) atoms. The van der Waals surface area contributed by atoms with Gasteiger partial charge in [-0.15, -0.1) is 0 Å². The number of nitrogens with zero attached hydrogens (tertiary/aromatic N) is 3. The molecule has 1 aromatic carbocycles. The van der Waals surface area contributed by atoms with Gasteiger partial charge in [-0.2, -0.15) is 13.2 Å². The molecule has 0 spiro atoms. The van der Waals surface area contributed by atoms with Gasteiger partial charge < -0.3 is 15.2 Å². The molecule has 3 rings (SSSR count). The summed E-state index contributed by atoms with van der Waals surface area (Å²) >= 11 is 0. The summed E-state index contributed by atoms with van der Waals surface area (Å²) in [5.74, 6) is -0.400. The fourth-order valence-electron chi connectivity index (χ4n) is 3.21. The number of fused-ring (bicyclic) bond motifs is 1. The molecular formula is C19H19F3N4O3. The molecule has 7 nitrogen and oxygen atoms in total. The number of anilines is 1. The minimum absolute atomic E-state index is 0.0657. The molecule has 0 fully saturated rings. The molecule has 0 saturated heterocycles. The molecule has 0 bridgehead atoms. The molecule has 154 valence electrons. The first kappa shape index (κ1) is 20.4. The smallest absolute Gasteiger partial charge is 0.434 e. The van der Waals surface area contributed by atoms with Crippen LogP contribution in [0.1, 0.15) is 34.1 Å². The number of benzene rings is 1. The number of methoxy groups -OCH3 is 1. The lowest BCUT2D eigenvalue weighted by Gasteiger charge is -2.17. The third-order valence-corrected chi connectivity index (χ3v) is 4.50. The maximum Gasteiger partial charge on any atom is 0.434 e. The Hall–Kier alpha value is -3.30. The number of rotatable bonds is 4. The number of ether oxygens (including phenoxy) is 2. The van der Waals surface area contributed by atoms with E-state index in [2.05, 4.69) is 9.97 Å². The van der Waals surface area contributed by atoms with Gasteiger partial charge >= 0.3 is 12.1 Å². The first-order valence-corrected chi connectivity index (χ1v) is 8.67. The second kappa shape index (κ2) is 7.26. The normalized spacial score (nSPS) is 11.7. The van der Waals surface area contributed by atoms with Crippen molar-refractivity contribution in [2.24, 2.45) is 0 Å². The van der Waals surface area contributed by atoms with Crippen molar-refractivity contribution in [3.05, 3.63) is 40.7 Å². The Morgan fingerprint density at radius 3 is 2.55 bits per heavy atom. The van der Waals surface area contributed by atoms with E-state index in [-0.39, 0.29) is 29.2 Å². The van der Waals surface area contributed by atoms with Gasteiger partial charge in [0.25, 0.3) is 0 Å². The highest BCUT2D eigenvalue weighted by Crippen LogP contribution is 2.37. The largest absolute Gasteiger partial charge is 0.496 e. The second-order valence-corrected chi connectivity index (χ2v) is 6.30. The van der Waals surface area contributed by atoms with Gasteiger partial charge in [0.2, 0.25) is 0 Å². The quantitative estimate of drug-likeness (QED) is 0.660. The summed E-state index contributed by atoms with van der Waals surface area (Å²) in [6.45, 7) is 5.17. The van der Waals surface area contributed by atoms with E-state index < -0.39 is 17.8 Å². The molecule has 0 amide bonds. The molecule has 0 unspecified atom stereocenters. The molecule has 2 N–H and O–H groups in total. The molecule has 0 radical (unpaired) electrons. The summed E-state index contributed by atoms with van der Waals surface area (Å²) in [6, 6.07) is 3.46. The fraction of sp³-hybridized carbons (Fsp3) is 0.316. The number of aromatic nitrogens is 3. The van der Waals surface area contributed by atoms with Crippen molar-refractivity contribution in [2.75, 3.05) is 19.5 Å². The zero-order valence-electron chi connectivity index (χ0n) is 16.2. The average Bonchev–Trinajstić information content (AvgIpc) is 2.93. The first-order valence-electron chi connectivity index (χ1n) is 8.67. The molecule has 0 aliphatic rings. The van der Waals surface area contributed by atoms with Crippen LogP contribution in [0.15, 0.2) is 18.3 Å². The fourth-order valence-corrected chi connectivity index (χ4v) is 3.21. The number of nitrogen functional groups attached to an aromatic ring is 1. The van der Waals surface area contributed by atoms with Crippen LogP contribution in [0.25, 0.3) is 16.9 Å². The lowest BCUT2D eigenvalue weighted by Crippen LogP contribution is -2.11. The second-order valence-electron chi connectivity index (χ2n) is 6.30. The van der Waals surface area contributed by atoms with Gasteiger partial charge in [0.1, 0.15) is 22.6 Å². The lowest BCUT2D eigenvalue weighted by molar-refractivity contribution is -0.141. The Balaban J connectivity index is 2.46. The SMILES string of the molecule is CCOC(=O)c1c(N)n(-c2c(C)ccc(OC)c2C)c2nc(C(F)(F)F)cnc12. The number of esters is 1. The van der Waals surface area contributed by atoms with Gasteiger partial charge in [0, 0.05) is 5.56 Å². The number of hydrogen-bond donors (Lipinski definition) is 1. The van der Waals surface area contributed by atoms with Crippen molar-refractivity contribution >= 4 is 23.0 Å². The number of carbonyl (C=O) groups excluding carboxylic acids is 1. The van der Waals surface area contributed by atoms with Crippen LogP contribution in [0.2, 0.25) is 0 Å². The summed E-state index contributed by atoms with van der Waals surface area (Å²) in [5, 5.41) is 0. The van der Waals surface area contributed by atoms with Crippen LogP contribution in [0.5, 0.6) is 5.75 Å². The van der Waals surface area contributed by atoms with Crippen LogP contribution < -0.4 is 10.5 Å². The van der Waals surface area contributed by atoms with Gasteiger partial charge in [-0.25, -0.2) is 14.8 Å². The van der Waals surface area contributed by atoms with E-state index in [9.17, 15) is 18.0 Å². The van der Waals surface area contributed by atoms with Crippen molar-refractivity contribution in [1.82, 2.24) is 14.5 Å². The van der Waals surface area contributed by atoms with E-state index in [4.69, 9.17) is 15.2 Å². The van der Waals surface area contributed by atoms with Crippen molar-refractivity contribution in [2.45, 2.75) is 26.9 Å². The van der Waals surface area contributed by atoms with Gasteiger partial charge in [-0.05, 0) is 32.4 Å². The number of hydrogen-bond acceptors (Lipinski definition) is 6. The summed E-state index contributed by atoms with van der Waals surface area (Å²) in [7, 11) is 1.48. The van der Waals surface area contributed by atoms with Crippen LogP contribution in [0, 0.1) is 13.8 Å². The summed E-state index contributed by atoms with van der Waals surface area (Å²) in [4.78, 5) is 20.0. The Morgan fingerprint density at radius 1 is 1.28 bits per heavy atom. The van der Waals surface area contributed by atoms with Gasteiger partial charge in [-0.1, -0.05) is 6.07 Å². The van der Waals surface area contributed by atoms with Crippen LogP contribution >= 0.6 is 0 Å². The van der Waals surface area contributed by atoms with Gasteiger partial charge in [-0.3, -0.25) is 4.57 Å². The van der Waals surface area contributed by atoms with Gasteiger partial charge in [0.15, 0.2) is 11.3 Å². The van der Waals surface area contributed by atoms with Crippen molar-refractivity contribution in [3.63, 3.8) is 0 Å². The first-order chi connectivity index (χ1) is 13.6. The van der Waals surface area contributed by atoms with Crippen molar-refractivity contribution < 1.29 is 27.4 Å². The number of carbonyl (C=O) groups is 1. The zero-order valence-corrected chi connectivity index (χ0v) is 16.2. The third kappa shape index (κ3) is 3.34. The van der Waals surface area contributed by atoms with Crippen LogP contribution in [-0.4, -0.2) is 34.2 Å². The van der Waals surface area contributed by atoms with Gasteiger partial charge in [0.05, 0.1) is 25.6 Å². The Bertz CT molecular complexity index is 1110. The highest BCUT2D eigenvalue weighted by molar-refractivity contribution is 6.07. The summed E-state index contributed by atoms with van der Waals surface area (Å²) in [6.07, 6.45) is -4.15. The molecule has 0 saturated carbocycles. The van der Waals surface area contributed by atoms with E-state index >= 15 is 0 Å². The van der Waals surface area contributed by atoms with Crippen LogP contribution in [-0.2, 0) is 10.9 Å². The molecular weight excluding hydrogens is 389 g/mol. The van der Waals surface area contributed by atoms with E-state index in [1.54, 1.807) is 32.9 Å². The van der Waals surface area contributed by atoms with Crippen LogP contribution in [0.4, 0.5) is 19.0 Å². The van der Waals surface area contributed by atoms with E-state index in [1.165, 1.54) is 11.7 Å². The molecule has 3 aromatic rings. The molecule has 2 heterocycles. The lowest BCUT2D eigenvalue weighted by atomic mass is 10.1. The number of halogens is 3. The minimum atomic E-state index is -4.71. The predicted molar refractivity (Wildman–Crippen MR) is 100 cm³/mol. The predicted octanol–water partition coefficient (Wildman–Crippen LogP) is 3.82. The molecule has 0 aliphatic carbocycles. The summed E-state index contributed by atoms with van der Waals surface area (Å²) < 4.78 is 51.4. The van der Waals surface area contributed by atoms with E-state index in [1.807, 2.05) is 0 Å². The molecule has 10 heteroatoms. The standard InChI is InChI=1S/C19H19F3N4O3/c1-5-29-18(27)13-14-17(25-12(8-24-14)19(20,21)22)26(16(13)23)15-9(2)6-7-11(28-4)10(15)3/h6-8H,5,23H2,1-4H3.